The van der Waals surface area contributed by atoms with E-state index in [4.69, 9.17) is 4.74 Å². The number of carbonyl (C=O) groups excluding carboxylic acids is 1. The fraction of sp³-hybridized carbons (Fsp3) is 0.917. The van der Waals surface area contributed by atoms with Crippen LogP contribution in [0, 0.1) is 5.92 Å². The van der Waals surface area contributed by atoms with Crippen molar-refractivity contribution < 1.29 is 9.53 Å². The quantitative estimate of drug-likeness (QED) is 0.743. The maximum atomic E-state index is 11.9. The summed E-state index contributed by atoms with van der Waals surface area (Å²) in [7, 11) is 0. The molecule has 4 nitrogen and oxygen atoms in total. The van der Waals surface area contributed by atoms with E-state index >= 15 is 0 Å². The lowest BCUT2D eigenvalue weighted by Crippen LogP contribution is -2.49. The van der Waals surface area contributed by atoms with Gasteiger partial charge >= 0.3 is 0 Å². The molecule has 0 spiro atoms. The molecule has 4 heteroatoms. The molecule has 0 radical (unpaired) electrons. The highest BCUT2D eigenvalue weighted by molar-refractivity contribution is 5.78. The average molecular weight is 226 g/mol. The number of rotatable bonds is 3. The Morgan fingerprint density at radius 1 is 1.56 bits per heavy atom. The molecule has 92 valence electrons. The SMILES string of the molecule is CC1(CNC(=O)C2CCCOC2)CCCN1. The lowest BCUT2D eigenvalue weighted by Gasteiger charge is -2.27. The fourth-order valence-electron chi connectivity index (χ4n) is 2.48. The van der Waals surface area contributed by atoms with Gasteiger partial charge in [0.25, 0.3) is 0 Å². The van der Waals surface area contributed by atoms with Crippen LogP contribution in [0.25, 0.3) is 0 Å². The second kappa shape index (κ2) is 5.15. The molecule has 0 aromatic carbocycles. The molecule has 2 atom stereocenters. The predicted molar refractivity (Wildman–Crippen MR) is 62.2 cm³/mol. The smallest absolute Gasteiger partial charge is 0.225 e. The monoisotopic (exact) mass is 226 g/mol. The van der Waals surface area contributed by atoms with Gasteiger partial charge in [-0.1, -0.05) is 0 Å². The van der Waals surface area contributed by atoms with Crippen molar-refractivity contribution in [1.82, 2.24) is 10.6 Å². The molecule has 2 aliphatic rings. The second-order valence-electron chi connectivity index (χ2n) is 5.22. The summed E-state index contributed by atoms with van der Waals surface area (Å²) in [5.41, 5.74) is 0.102. The number of amides is 1. The van der Waals surface area contributed by atoms with Crippen LogP contribution < -0.4 is 10.6 Å². The first-order valence-electron chi connectivity index (χ1n) is 6.30. The van der Waals surface area contributed by atoms with Gasteiger partial charge in [-0.25, -0.2) is 0 Å². The highest BCUT2D eigenvalue weighted by Gasteiger charge is 2.29. The van der Waals surface area contributed by atoms with Crippen LogP contribution in [0.2, 0.25) is 0 Å². The zero-order valence-corrected chi connectivity index (χ0v) is 10.1. The molecule has 16 heavy (non-hydrogen) atoms. The predicted octanol–water partition coefficient (Wildman–Crippen LogP) is 0.671. The third kappa shape index (κ3) is 2.95. The van der Waals surface area contributed by atoms with Gasteiger partial charge in [-0.15, -0.1) is 0 Å². The van der Waals surface area contributed by atoms with Gasteiger partial charge in [-0.2, -0.15) is 0 Å². The van der Waals surface area contributed by atoms with Crippen LogP contribution in [0.15, 0.2) is 0 Å². The first kappa shape index (κ1) is 11.9. The zero-order valence-electron chi connectivity index (χ0n) is 10.1. The Bertz CT molecular complexity index is 243. The van der Waals surface area contributed by atoms with E-state index in [0.717, 1.165) is 39.0 Å². The Balaban J connectivity index is 1.74. The van der Waals surface area contributed by atoms with Crippen LogP contribution in [0.4, 0.5) is 0 Å². The third-order valence-corrected chi connectivity index (χ3v) is 3.64. The molecule has 2 fully saturated rings. The highest BCUT2D eigenvalue weighted by atomic mass is 16.5. The molecular weight excluding hydrogens is 204 g/mol. The molecule has 2 saturated heterocycles. The van der Waals surface area contributed by atoms with Crippen molar-refractivity contribution in [2.75, 3.05) is 26.3 Å². The second-order valence-corrected chi connectivity index (χ2v) is 5.22. The summed E-state index contributed by atoms with van der Waals surface area (Å²) in [6, 6.07) is 0. The molecule has 2 rings (SSSR count). The summed E-state index contributed by atoms with van der Waals surface area (Å²) in [5, 5.41) is 6.50. The summed E-state index contributed by atoms with van der Waals surface area (Å²) < 4.78 is 5.32. The first-order chi connectivity index (χ1) is 7.70. The van der Waals surface area contributed by atoms with Gasteiger partial charge in [0.05, 0.1) is 12.5 Å². The van der Waals surface area contributed by atoms with Gasteiger partial charge in [-0.05, 0) is 39.2 Å². The summed E-state index contributed by atoms with van der Waals surface area (Å²) in [6.45, 7) is 5.39. The Morgan fingerprint density at radius 3 is 3.06 bits per heavy atom. The zero-order chi connectivity index (χ0) is 11.4. The van der Waals surface area contributed by atoms with E-state index in [1.165, 1.54) is 6.42 Å². The lowest BCUT2D eigenvalue weighted by molar-refractivity contribution is -0.129. The summed E-state index contributed by atoms with van der Waals surface area (Å²) in [4.78, 5) is 11.9. The molecule has 2 unspecified atom stereocenters. The summed E-state index contributed by atoms with van der Waals surface area (Å²) in [5.74, 6) is 0.230. The number of carbonyl (C=O) groups is 1. The molecule has 0 bridgehead atoms. The molecule has 1 amide bonds. The largest absolute Gasteiger partial charge is 0.381 e. The van der Waals surface area contributed by atoms with E-state index < -0.39 is 0 Å². The topological polar surface area (TPSA) is 50.4 Å². The van der Waals surface area contributed by atoms with Crippen LogP contribution in [-0.2, 0) is 9.53 Å². The lowest BCUT2D eigenvalue weighted by atomic mass is 9.98. The summed E-state index contributed by atoms with van der Waals surface area (Å²) >= 11 is 0. The van der Waals surface area contributed by atoms with Crippen molar-refractivity contribution in [1.29, 1.82) is 0 Å². The van der Waals surface area contributed by atoms with E-state index in [1.54, 1.807) is 0 Å². The summed E-state index contributed by atoms with van der Waals surface area (Å²) in [6.07, 6.45) is 4.33. The van der Waals surface area contributed by atoms with E-state index in [1.807, 2.05) is 0 Å². The van der Waals surface area contributed by atoms with Crippen molar-refractivity contribution in [3.63, 3.8) is 0 Å². The van der Waals surface area contributed by atoms with Gasteiger partial charge in [0, 0.05) is 18.7 Å². The van der Waals surface area contributed by atoms with Crippen LogP contribution in [-0.4, -0.2) is 37.7 Å². The van der Waals surface area contributed by atoms with Crippen molar-refractivity contribution >= 4 is 5.91 Å². The van der Waals surface area contributed by atoms with Gasteiger partial charge < -0.3 is 15.4 Å². The maximum Gasteiger partial charge on any atom is 0.225 e. The van der Waals surface area contributed by atoms with Gasteiger partial charge in [-0.3, -0.25) is 4.79 Å². The van der Waals surface area contributed by atoms with Gasteiger partial charge in [0.2, 0.25) is 5.91 Å². The number of hydrogen-bond acceptors (Lipinski definition) is 3. The molecule has 0 aromatic rings. The molecule has 2 N–H and O–H groups in total. The van der Waals surface area contributed by atoms with Crippen LogP contribution in [0.1, 0.15) is 32.6 Å². The normalized spacial score (nSPS) is 34.9. The van der Waals surface area contributed by atoms with Crippen LogP contribution in [0.3, 0.4) is 0 Å². The molecular formula is C12H22N2O2. The van der Waals surface area contributed by atoms with E-state index in [-0.39, 0.29) is 17.4 Å². The average Bonchev–Trinajstić information content (AvgIpc) is 2.75. The van der Waals surface area contributed by atoms with Crippen molar-refractivity contribution in [2.24, 2.45) is 5.92 Å². The van der Waals surface area contributed by atoms with Crippen LogP contribution in [0.5, 0.6) is 0 Å². The fourth-order valence-corrected chi connectivity index (χ4v) is 2.48. The van der Waals surface area contributed by atoms with Crippen molar-refractivity contribution in [3.8, 4) is 0 Å². The minimum absolute atomic E-state index is 0.0683. The minimum atomic E-state index is 0.0683. The molecule has 0 saturated carbocycles. The van der Waals surface area contributed by atoms with Crippen molar-refractivity contribution in [2.45, 2.75) is 38.1 Å². The maximum absolute atomic E-state index is 11.9. The van der Waals surface area contributed by atoms with Gasteiger partial charge in [0.1, 0.15) is 0 Å². The Kier molecular flexibility index (Phi) is 3.82. The van der Waals surface area contributed by atoms with E-state index in [0.29, 0.717) is 6.61 Å². The molecule has 2 heterocycles. The number of nitrogens with one attached hydrogen (secondary N) is 2. The molecule has 0 aromatic heterocycles. The highest BCUT2D eigenvalue weighted by Crippen LogP contribution is 2.18. The number of ether oxygens (including phenoxy) is 1. The van der Waals surface area contributed by atoms with Crippen molar-refractivity contribution in [3.05, 3.63) is 0 Å². The minimum Gasteiger partial charge on any atom is -0.381 e. The Morgan fingerprint density at radius 2 is 2.44 bits per heavy atom. The Labute approximate surface area is 97.1 Å². The third-order valence-electron chi connectivity index (χ3n) is 3.64. The van der Waals surface area contributed by atoms with Gasteiger partial charge in [0.15, 0.2) is 0 Å². The Hall–Kier alpha value is -0.610. The molecule has 2 aliphatic heterocycles. The number of hydrogen-bond donors (Lipinski definition) is 2. The molecule has 0 aliphatic carbocycles. The van der Waals surface area contributed by atoms with E-state index in [9.17, 15) is 4.79 Å². The first-order valence-corrected chi connectivity index (χ1v) is 6.30. The van der Waals surface area contributed by atoms with E-state index in [2.05, 4.69) is 17.6 Å². The van der Waals surface area contributed by atoms with Crippen LogP contribution >= 0.6 is 0 Å². The standard InChI is InChI=1S/C12H22N2O2/c1-12(5-3-6-14-12)9-13-11(15)10-4-2-7-16-8-10/h10,14H,2-9H2,1H3,(H,13,15).